The molecule has 0 aromatic heterocycles. The lowest BCUT2D eigenvalue weighted by molar-refractivity contribution is -0.160. The molecule has 0 saturated carbocycles. The molecule has 7 nitrogen and oxygen atoms in total. The molecule has 2 saturated heterocycles. The zero-order chi connectivity index (χ0) is 21.4. The minimum atomic E-state index is -1.29. The van der Waals surface area contributed by atoms with Gasteiger partial charge in [-0.2, -0.15) is 0 Å². The fourth-order valence-electron chi connectivity index (χ4n) is 4.14. The predicted octanol–water partition coefficient (Wildman–Crippen LogP) is 1.81. The highest BCUT2D eigenvalue weighted by Crippen LogP contribution is 2.44. The van der Waals surface area contributed by atoms with E-state index in [0.717, 1.165) is 6.42 Å². The van der Waals surface area contributed by atoms with Crippen molar-refractivity contribution in [1.29, 1.82) is 0 Å². The van der Waals surface area contributed by atoms with Crippen LogP contribution in [-0.4, -0.2) is 57.8 Å². The van der Waals surface area contributed by atoms with Crippen molar-refractivity contribution in [2.24, 2.45) is 17.3 Å². The Hall–Kier alpha value is -1.31. The van der Waals surface area contributed by atoms with E-state index < -0.39 is 53.7 Å². The maximum atomic E-state index is 12.9. The van der Waals surface area contributed by atoms with Crippen molar-refractivity contribution in [2.45, 2.75) is 97.2 Å². The Morgan fingerprint density at radius 2 is 1.75 bits per heavy atom. The fraction of sp³-hybridized carbons (Fsp3) is 0.857. The molecule has 2 heterocycles. The van der Waals surface area contributed by atoms with E-state index in [4.69, 9.17) is 9.47 Å². The van der Waals surface area contributed by atoms with Crippen LogP contribution in [0.3, 0.4) is 0 Å². The number of ketones is 2. The van der Waals surface area contributed by atoms with Crippen molar-refractivity contribution < 1.29 is 34.1 Å². The summed E-state index contributed by atoms with van der Waals surface area (Å²) in [6.07, 6.45) is -1.97. The van der Waals surface area contributed by atoms with Crippen LogP contribution in [0.15, 0.2) is 0 Å². The molecule has 2 N–H and O–H groups in total. The quantitative estimate of drug-likeness (QED) is 0.511. The Morgan fingerprint density at radius 1 is 1.14 bits per heavy atom. The number of esters is 1. The SMILES string of the molecule is CC(=O)C1OC(=O)CC(O)C(C)(C)C(=O)C(C)C(O)C(C)CCCC2(C)OC12. The first-order valence-electron chi connectivity index (χ1n) is 10.1. The zero-order valence-corrected chi connectivity index (χ0v) is 17.7. The number of hydrogen-bond donors (Lipinski definition) is 2. The summed E-state index contributed by atoms with van der Waals surface area (Å²) < 4.78 is 11.1. The molecular weight excluding hydrogens is 364 g/mol. The molecule has 0 spiro atoms. The molecule has 0 amide bonds. The third-order valence-corrected chi connectivity index (χ3v) is 6.54. The van der Waals surface area contributed by atoms with Gasteiger partial charge in [-0.15, -0.1) is 0 Å². The lowest BCUT2D eigenvalue weighted by Gasteiger charge is -2.34. The van der Waals surface area contributed by atoms with Gasteiger partial charge in [0.1, 0.15) is 11.9 Å². The Kier molecular flexibility index (Phi) is 6.73. The number of fused-ring (bicyclic) bond motifs is 1. The third kappa shape index (κ3) is 4.63. The number of aliphatic hydroxyl groups is 2. The molecule has 2 fully saturated rings. The average Bonchev–Trinajstić information content (AvgIpc) is 3.27. The summed E-state index contributed by atoms with van der Waals surface area (Å²) in [6, 6.07) is 0. The minimum absolute atomic E-state index is 0.112. The first-order chi connectivity index (χ1) is 12.8. The van der Waals surface area contributed by atoms with Gasteiger partial charge in [-0.25, -0.2) is 0 Å². The second-order valence-electron chi connectivity index (χ2n) is 9.33. The van der Waals surface area contributed by atoms with Crippen molar-refractivity contribution in [2.75, 3.05) is 0 Å². The second kappa shape index (κ2) is 8.20. The highest BCUT2D eigenvalue weighted by Gasteiger charge is 2.58. The van der Waals surface area contributed by atoms with Crippen molar-refractivity contribution in [3.05, 3.63) is 0 Å². The van der Waals surface area contributed by atoms with Gasteiger partial charge in [-0.05, 0) is 32.6 Å². The van der Waals surface area contributed by atoms with Crippen LogP contribution in [0.1, 0.15) is 67.2 Å². The van der Waals surface area contributed by atoms with Crippen LogP contribution < -0.4 is 0 Å². The Morgan fingerprint density at radius 3 is 2.32 bits per heavy atom. The van der Waals surface area contributed by atoms with Crippen molar-refractivity contribution in [1.82, 2.24) is 0 Å². The van der Waals surface area contributed by atoms with Crippen LogP contribution in [0.5, 0.6) is 0 Å². The van der Waals surface area contributed by atoms with Gasteiger partial charge < -0.3 is 19.7 Å². The first-order valence-corrected chi connectivity index (χ1v) is 10.1. The van der Waals surface area contributed by atoms with Crippen LogP contribution >= 0.6 is 0 Å². The molecule has 2 aliphatic heterocycles. The molecule has 2 rings (SSSR count). The summed E-state index contributed by atoms with van der Waals surface area (Å²) in [5.74, 6) is -2.15. The summed E-state index contributed by atoms with van der Waals surface area (Å²) in [7, 11) is 0. The molecule has 7 unspecified atom stereocenters. The topological polar surface area (TPSA) is 113 Å². The van der Waals surface area contributed by atoms with Gasteiger partial charge in [-0.1, -0.05) is 34.1 Å². The van der Waals surface area contributed by atoms with Gasteiger partial charge in [-0.3, -0.25) is 14.4 Å². The molecule has 2 aliphatic rings. The molecule has 0 aromatic rings. The van der Waals surface area contributed by atoms with E-state index in [9.17, 15) is 24.6 Å². The smallest absolute Gasteiger partial charge is 0.309 e. The van der Waals surface area contributed by atoms with Gasteiger partial charge in [0.15, 0.2) is 11.9 Å². The molecule has 160 valence electrons. The monoisotopic (exact) mass is 398 g/mol. The Labute approximate surface area is 166 Å². The van der Waals surface area contributed by atoms with Crippen LogP contribution in [0.4, 0.5) is 0 Å². The zero-order valence-electron chi connectivity index (χ0n) is 17.7. The van der Waals surface area contributed by atoms with Crippen LogP contribution in [-0.2, 0) is 23.9 Å². The van der Waals surface area contributed by atoms with E-state index >= 15 is 0 Å². The predicted molar refractivity (Wildman–Crippen MR) is 101 cm³/mol. The summed E-state index contributed by atoms with van der Waals surface area (Å²) in [4.78, 5) is 37.3. The van der Waals surface area contributed by atoms with Crippen LogP contribution in [0.25, 0.3) is 0 Å². The average molecular weight is 398 g/mol. The van der Waals surface area contributed by atoms with Gasteiger partial charge in [0.05, 0.1) is 29.6 Å². The van der Waals surface area contributed by atoms with Crippen LogP contribution in [0.2, 0.25) is 0 Å². The lowest BCUT2D eigenvalue weighted by Crippen LogP contribution is -2.46. The number of epoxide rings is 1. The molecular formula is C21H34O7. The number of carbonyl (C=O) groups is 3. The normalized spacial score (nSPS) is 42.6. The number of carbonyl (C=O) groups excluding carboxylic acids is 3. The van der Waals surface area contributed by atoms with Gasteiger partial charge in [0.2, 0.25) is 0 Å². The van der Waals surface area contributed by atoms with Gasteiger partial charge in [0.25, 0.3) is 0 Å². The highest BCUT2D eigenvalue weighted by atomic mass is 16.6. The molecule has 0 aliphatic carbocycles. The number of cyclic esters (lactones) is 1. The van der Waals surface area contributed by atoms with Gasteiger partial charge >= 0.3 is 5.97 Å². The lowest BCUT2D eigenvalue weighted by atomic mass is 9.73. The van der Waals surface area contributed by atoms with E-state index in [2.05, 4.69) is 0 Å². The van der Waals surface area contributed by atoms with E-state index in [1.807, 2.05) is 13.8 Å². The van der Waals surface area contributed by atoms with Gasteiger partial charge in [0, 0.05) is 5.92 Å². The molecule has 28 heavy (non-hydrogen) atoms. The standard InChI is InChI=1S/C21H34O7/c1-11-8-7-9-21(6)19(28-21)17(13(3)22)27-15(24)10-14(23)20(4,5)18(26)12(2)16(11)25/h11-12,14,16-17,19,23,25H,7-10H2,1-6H3. The number of ether oxygens (including phenoxy) is 2. The largest absolute Gasteiger partial charge is 0.451 e. The molecule has 0 bridgehead atoms. The van der Waals surface area contributed by atoms with E-state index in [1.54, 1.807) is 20.8 Å². The van der Waals surface area contributed by atoms with Crippen molar-refractivity contribution >= 4 is 17.5 Å². The summed E-state index contributed by atoms with van der Waals surface area (Å²) in [5, 5.41) is 21.2. The van der Waals surface area contributed by atoms with E-state index in [0.29, 0.717) is 12.8 Å². The number of Topliss-reactive ketones (excluding diaryl/α,β-unsaturated/α-hetero) is 2. The molecule has 7 atom stereocenters. The number of rotatable bonds is 1. The molecule has 7 heteroatoms. The minimum Gasteiger partial charge on any atom is -0.451 e. The fourth-order valence-corrected chi connectivity index (χ4v) is 4.14. The van der Waals surface area contributed by atoms with E-state index in [1.165, 1.54) is 6.92 Å². The first kappa shape index (κ1) is 23.0. The summed E-state index contributed by atoms with van der Waals surface area (Å²) in [5.41, 5.74) is -1.80. The maximum absolute atomic E-state index is 12.9. The Balaban J connectivity index is 2.28. The van der Waals surface area contributed by atoms with Crippen molar-refractivity contribution in [3.8, 4) is 0 Å². The third-order valence-electron chi connectivity index (χ3n) is 6.54. The summed E-state index contributed by atoms with van der Waals surface area (Å²) >= 11 is 0. The highest BCUT2D eigenvalue weighted by molar-refractivity contribution is 5.88. The van der Waals surface area contributed by atoms with E-state index in [-0.39, 0.29) is 17.5 Å². The number of aliphatic hydroxyl groups excluding tert-OH is 2. The Bertz CT molecular complexity index is 628. The molecule has 0 radical (unpaired) electrons. The second-order valence-corrected chi connectivity index (χ2v) is 9.33. The van der Waals surface area contributed by atoms with Crippen LogP contribution in [0, 0.1) is 17.3 Å². The maximum Gasteiger partial charge on any atom is 0.309 e. The molecule has 0 aromatic carbocycles. The summed E-state index contributed by atoms with van der Waals surface area (Å²) in [6.45, 7) is 9.89. The van der Waals surface area contributed by atoms with Crippen molar-refractivity contribution in [3.63, 3.8) is 0 Å². The number of hydrogen-bond acceptors (Lipinski definition) is 7.